The molecule has 0 unspecified atom stereocenters. The first-order valence-electron chi connectivity index (χ1n) is 9.29. The Balaban J connectivity index is 0.00000210. The fraction of sp³-hybridized carbons (Fsp3) is 0.429. The number of nitrogens with one attached hydrogen (secondary N) is 1. The van der Waals surface area contributed by atoms with Crippen molar-refractivity contribution in [3.8, 4) is 0 Å². The highest BCUT2D eigenvalue weighted by Crippen LogP contribution is 2.34. The molecule has 0 bridgehead atoms. The van der Waals surface area contributed by atoms with Crippen LogP contribution in [0.5, 0.6) is 0 Å². The van der Waals surface area contributed by atoms with E-state index >= 15 is 0 Å². The van der Waals surface area contributed by atoms with Gasteiger partial charge in [0.15, 0.2) is 0 Å². The van der Waals surface area contributed by atoms with Crippen molar-refractivity contribution in [2.24, 2.45) is 0 Å². The third kappa shape index (κ3) is 4.27. The molecule has 6 heteroatoms. The van der Waals surface area contributed by atoms with Gasteiger partial charge in [0.05, 0.1) is 13.2 Å². The molecular weight excluding hydrogens is 469 g/mol. The highest BCUT2D eigenvalue weighted by Gasteiger charge is 2.20. The topological polar surface area (TPSA) is 37.4 Å². The average Bonchev–Trinajstić information content (AvgIpc) is 2.60. The molecule has 144 valence electrons. The zero-order valence-electron chi connectivity index (χ0n) is 16.3. The number of rotatable bonds is 3. The van der Waals surface area contributed by atoms with Crippen LogP contribution in [0.15, 0.2) is 24.3 Å². The largest absolute Gasteiger partial charge is 1.00 e. The van der Waals surface area contributed by atoms with E-state index in [2.05, 4.69) is 62.2 Å². The van der Waals surface area contributed by atoms with E-state index in [0.29, 0.717) is 6.04 Å². The summed E-state index contributed by atoms with van der Waals surface area (Å²) in [5.41, 5.74) is 7.14. The van der Waals surface area contributed by atoms with Gasteiger partial charge in [-0.25, -0.2) is 4.98 Å². The van der Waals surface area contributed by atoms with Gasteiger partial charge >= 0.3 is 0 Å². The Bertz CT molecular complexity index is 971. The van der Waals surface area contributed by atoms with E-state index < -0.39 is 0 Å². The lowest BCUT2D eigenvalue weighted by atomic mass is 10.1. The van der Waals surface area contributed by atoms with Crippen LogP contribution in [0.1, 0.15) is 25.0 Å². The molecule has 4 rings (SSSR count). The van der Waals surface area contributed by atoms with Gasteiger partial charge in [0.1, 0.15) is 11.0 Å². The molecule has 0 saturated carbocycles. The summed E-state index contributed by atoms with van der Waals surface area (Å²) in [5, 5.41) is 3.52. The van der Waals surface area contributed by atoms with Gasteiger partial charge in [-0.3, -0.25) is 0 Å². The molecule has 1 aliphatic heterocycles. The molecule has 0 radical (unpaired) electrons. The summed E-state index contributed by atoms with van der Waals surface area (Å²) in [5.74, 6) is 0. The van der Waals surface area contributed by atoms with Crippen molar-refractivity contribution < 1.29 is 28.7 Å². The van der Waals surface area contributed by atoms with E-state index in [1.54, 1.807) is 0 Å². The zero-order valence-corrected chi connectivity index (χ0v) is 19.3. The molecule has 2 heterocycles. The molecule has 0 aliphatic carbocycles. The fourth-order valence-electron chi connectivity index (χ4n) is 3.57. The van der Waals surface area contributed by atoms with Crippen molar-refractivity contribution in [2.45, 2.75) is 33.7 Å². The Morgan fingerprint density at radius 2 is 1.63 bits per heavy atom. The first kappa shape index (κ1) is 20.5. The molecule has 3 aromatic rings. The van der Waals surface area contributed by atoms with Crippen LogP contribution in [-0.2, 0) is 4.74 Å². The molecule has 1 aromatic heterocycles. The van der Waals surface area contributed by atoms with Crippen LogP contribution in [0.4, 0.5) is 11.4 Å². The van der Waals surface area contributed by atoms with Gasteiger partial charge in [0.25, 0.3) is 9.40 Å². The Kier molecular flexibility index (Phi) is 6.38. The van der Waals surface area contributed by atoms with Crippen LogP contribution in [-0.4, -0.2) is 37.3 Å². The monoisotopic (exact) mass is 495 g/mol. The van der Waals surface area contributed by atoms with Crippen molar-refractivity contribution in [2.75, 3.05) is 36.5 Å². The molecule has 4 nitrogen and oxygen atoms in total. The highest BCUT2D eigenvalue weighted by atomic mass is 127. The Morgan fingerprint density at radius 3 is 2.30 bits per heavy atom. The third-order valence-electron chi connectivity index (χ3n) is 4.79. The summed E-state index contributed by atoms with van der Waals surface area (Å²) < 4.78 is 7.98. The number of hydrogen-bond acceptors (Lipinski definition) is 4. The van der Waals surface area contributed by atoms with Crippen molar-refractivity contribution >= 4 is 43.1 Å². The number of benzene rings is 2. The predicted octanol–water partition coefficient (Wildman–Crippen LogP) is 2.01. The SMILES string of the molecule is Cc1cc(NC(C)C)cc2[s+]c3cc(N4CCOCC4)cc(C)c3nc12.[I-]. The normalized spacial score (nSPS) is 14.6. The molecular formula is C21H26IN3OS. The fourth-order valence-corrected chi connectivity index (χ4v) is 4.78. The first-order chi connectivity index (χ1) is 12.5. The maximum absolute atomic E-state index is 5.50. The Hall–Kier alpha value is -1.25. The number of anilines is 2. The molecule has 1 N–H and O–H groups in total. The molecule has 1 saturated heterocycles. The number of aromatic nitrogens is 1. The molecule has 0 atom stereocenters. The van der Waals surface area contributed by atoms with Crippen LogP contribution in [0.25, 0.3) is 20.4 Å². The minimum atomic E-state index is 0. The predicted molar refractivity (Wildman–Crippen MR) is 113 cm³/mol. The number of hydrogen-bond donors (Lipinski definition) is 1. The second-order valence-electron chi connectivity index (χ2n) is 7.36. The van der Waals surface area contributed by atoms with Crippen LogP contribution < -0.4 is 34.2 Å². The van der Waals surface area contributed by atoms with E-state index in [1.807, 2.05) is 11.3 Å². The zero-order chi connectivity index (χ0) is 18.3. The summed E-state index contributed by atoms with van der Waals surface area (Å²) in [4.78, 5) is 7.43. The third-order valence-corrected chi connectivity index (χ3v) is 5.85. The van der Waals surface area contributed by atoms with Gasteiger partial charge in [-0.15, -0.1) is 0 Å². The van der Waals surface area contributed by atoms with Crippen LogP contribution in [0.3, 0.4) is 0 Å². The maximum Gasteiger partial charge on any atom is 0.259 e. The van der Waals surface area contributed by atoms with E-state index in [-0.39, 0.29) is 24.0 Å². The average molecular weight is 495 g/mol. The Labute approximate surface area is 182 Å². The quantitative estimate of drug-likeness (QED) is 0.343. The van der Waals surface area contributed by atoms with E-state index in [9.17, 15) is 0 Å². The standard InChI is InChI=1S/C21H26N3OS.HI/c1-13(2)22-16-9-14(3)20-18(11-16)26-19-12-17(10-15(4)21(19)23-20)24-5-7-25-8-6-24;/h9-13,22H,5-8H2,1-4H3;1H/q+1;/p-1. The molecule has 2 aromatic carbocycles. The lowest BCUT2D eigenvalue weighted by Crippen LogP contribution is -3.00. The van der Waals surface area contributed by atoms with Crippen molar-refractivity contribution in [3.05, 3.63) is 35.4 Å². The molecule has 1 fully saturated rings. The number of morpholine rings is 1. The minimum absolute atomic E-state index is 0. The molecule has 1 aliphatic rings. The van der Waals surface area contributed by atoms with E-state index in [4.69, 9.17) is 9.72 Å². The lowest BCUT2D eigenvalue weighted by Gasteiger charge is -2.28. The maximum atomic E-state index is 5.50. The van der Waals surface area contributed by atoms with Gasteiger partial charge in [0, 0.05) is 42.6 Å². The number of aryl methyl sites for hydroxylation is 2. The van der Waals surface area contributed by atoms with Crippen LogP contribution in [0, 0.1) is 13.8 Å². The summed E-state index contributed by atoms with van der Waals surface area (Å²) in [6, 6.07) is 9.41. The van der Waals surface area contributed by atoms with Gasteiger partial charge in [0.2, 0.25) is 11.3 Å². The first-order valence-corrected chi connectivity index (χ1v) is 10.1. The van der Waals surface area contributed by atoms with Crippen molar-refractivity contribution in [1.82, 2.24) is 4.98 Å². The molecule has 27 heavy (non-hydrogen) atoms. The molecule has 0 spiro atoms. The van der Waals surface area contributed by atoms with Gasteiger partial charge < -0.3 is 38.9 Å². The van der Waals surface area contributed by atoms with E-state index in [1.165, 1.54) is 31.9 Å². The minimum Gasteiger partial charge on any atom is -1.00 e. The number of fused-ring (bicyclic) bond motifs is 2. The summed E-state index contributed by atoms with van der Waals surface area (Å²) in [7, 11) is 0. The number of nitrogens with zero attached hydrogens (tertiary/aromatic N) is 2. The number of ether oxygens (including phenoxy) is 1. The highest BCUT2D eigenvalue weighted by molar-refractivity contribution is 7.24. The molecule has 0 amide bonds. The second kappa shape index (κ2) is 8.41. The summed E-state index contributed by atoms with van der Waals surface area (Å²) in [6.07, 6.45) is 0. The van der Waals surface area contributed by atoms with Crippen LogP contribution >= 0.6 is 11.3 Å². The van der Waals surface area contributed by atoms with Gasteiger partial charge in [-0.1, -0.05) is 0 Å². The van der Waals surface area contributed by atoms with Crippen LogP contribution in [0.2, 0.25) is 0 Å². The van der Waals surface area contributed by atoms with Crippen molar-refractivity contribution in [1.29, 1.82) is 0 Å². The van der Waals surface area contributed by atoms with Crippen molar-refractivity contribution in [3.63, 3.8) is 0 Å². The second-order valence-corrected chi connectivity index (χ2v) is 8.45. The summed E-state index contributed by atoms with van der Waals surface area (Å²) >= 11 is 1.84. The van der Waals surface area contributed by atoms with E-state index in [0.717, 1.165) is 37.3 Å². The lowest BCUT2D eigenvalue weighted by molar-refractivity contribution is -0.00000619. The van der Waals surface area contributed by atoms with Gasteiger partial charge in [-0.2, -0.15) is 0 Å². The smallest absolute Gasteiger partial charge is 0.259 e. The van der Waals surface area contributed by atoms with Gasteiger partial charge in [-0.05, 0) is 51.0 Å². The number of halogens is 1. The summed E-state index contributed by atoms with van der Waals surface area (Å²) in [6.45, 7) is 12.2. The Morgan fingerprint density at radius 1 is 1.00 bits per heavy atom.